The Labute approximate surface area is 194 Å². The maximum atomic E-state index is 13.2. The number of nitro benzene ring substituents is 1. The lowest BCUT2D eigenvalue weighted by Gasteiger charge is -2.37. The van der Waals surface area contributed by atoms with Crippen LogP contribution in [0.4, 0.5) is 17.1 Å². The number of fused-ring (bicyclic) bond motifs is 3. The molecule has 0 radical (unpaired) electrons. The van der Waals surface area contributed by atoms with E-state index >= 15 is 0 Å². The molecule has 0 saturated carbocycles. The molecule has 3 aromatic rings. The number of aromatic hydroxyl groups is 1. The molecule has 1 N–H and O–H groups in total. The molecular weight excluding hydrogens is 440 g/mol. The van der Waals surface area contributed by atoms with Crippen molar-refractivity contribution in [3.63, 3.8) is 0 Å². The average molecular weight is 464 g/mol. The summed E-state index contributed by atoms with van der Waals surface area (Å²) in [4.78, 5) is 42.1. The van der Waals surface area contributed by atoms with Gasteiger partial charge in [0, 0.05) is 55.9 Å². The van der Waals surface area contributed by atoms with E-state index in [-0.39, 0.29) is 29.6 Å². The van der Waals surface area contributed by atoms with Crippen molar-refractivity contribution in [3.8, 4) is 5.75 Å². The normalized spacial score (nSPS) is 16.5. The maximum Gasteiger partial charge on any atom is 0.360 e. The molecule has 176 valence electrons. The molecular formula is C24H24N4O6. The molecule has 0 atom stereocenters. The Morgan fingerprint density at radius 2 is 1.79 bits per heavy atom. The lowest BCUT2D eigenvalue weighted by atomic mass is 9.98. The number of piperazine rings is 1. The number of rotatable bonds is 4. The monoisotopic (exact) mass is 464 g/mol. The molecule has 1 saturated heterocycles. The van der Waals surface area contributed by atoms with Gasteiger partial charge in [-0.2, -0.15) is 0 Å². The molecule has 10 nitrogen and oxygen atoms in total. The van der Waals surface area contributed by atoms with E-state index in [4.69, 9.17) is 4.42 Å². The van der Waals surface area contributed by atoms with Crippen LogP contribution in [-0.2, 0) is 11.2 Å². The minimum absolute atomic E-state index is 0.0577. The van der Waals surface area contributed by atoms with Crippen LogP contribution in [0.1, 0.15) is 12.0 Å². The molecule has 34 heavy (non-hydrogen) atoms. The van der Waals surface area contributed by atoms with Crippen LogP contribution < -0.4 is 15.4 Å². The molecule has 10 heteroatoms. The quantitative estimate of drug-likeness (QED) is 0.355. The van der Waals surface area contributed by atoms with Gasteiger partial charge >= 0.3 is 5.63 Å². The number of nitro groups is 1. The molecule has 0 bridgehead atoms. The van der Waals surface area contributed by atoms with Crippen LogP contribution in [-0.4, -0.2) is 60.1 Å². The number of aryl methyl sites for hydroxylation is 1. The Morgan fingerprint density at radius 3 is 2.50 bits per heavy atom. The predicted molar refractivity (Wildman–Crippen MR) is 127 cm³/mol. The van der Waals surface area contributed by atoms with Gasteiger partial charge in [0.15, 0.2) is 0 Å². The number of benzene rings is 2. The fourth-order valence-corrected chi connectivity index (χ4v) is 4.77. The molecule has 0 spiro atoms. The van der Waals surface area contributed by atoms with E-state index in [1.54, 1.807) is 24.3 Å². The molecule has 2 aliphatic rings. The topological polar surface area (TPSA) is 120 Å². The first-order valence-electron chi connectivity index (χ1n) is 11.2. The van der Waals surface area contributed by atoms with Crippen molar-refractivity contribution in [2.75, 3.05) is 49.1 Å². The number of non-ortho nitro benzene ring substituents is 1. The van der Waals surface area contributed by atoms with Crippen molar-refractivity contribution in [1.29, 1.82) is 0 Å². The maximum absolute atomic E-state index is 13.2. The second-order valence-electron chi connectivity index (χ2n) is 8.58. The van der Waals surface area contributed by atoms with Crippen LogP contribution in [0.15, 0.2) is 51.7 Å². The molecule has 3 heterocycles. The molecule has 0 aliphatic carbocycles. The van der Waals surface area contributed by atoms with E-state index < -0.39 is 10.5 Å². The highest BCUT2D eigenvalue weighted by Gasteiger charge is 2.30. The van der Waals surface area contributed by atoms with Crippen molar-refractivity contribution in [1.82, 2.24) is 4.90 Å². The first-order valence-corrected chi connectivity index (χ1v) is 11.2. The summed E-state index contributed by atoms with van der Waals surface area (Å²) in [6.07, 6.45) is 1.36. The third kappa shape index (κ3) is 4.08. The van der Waals surface area contributed by atoms with Crippen LogP contribution in [0.25, 0.3) is 11.0 Å². The fourth-order valence-electron chi connectivity index (χ4n) is 4.77. The summed E-state index contributed by atoms with van der Waals surface area (Å²) < 4.78 is 5.45. The lowest BCUT2D eigenvalue weighted by Crippen LogP contribution is -2.51. The van der Waals surface area contributed by atoms with Crippen molar-refractivity contribution in [2.24, 2.45) is 0 Å². The van der Waals surface area contributed by atoms with Gasteiger partial charge in [-0.25, -0.2) is 4.79 Å². The number of anilines is 2. The van der Waals surface area contributed by atoms with Crippen LogP contribution in [0.2, 0.25) is 0 Å². The SMILES string of the molecule is O=C(CN1CCN(c2ccc([N+](=O)[O-])cc2)CC1)N1CCCc2c1c(=O)oc1ccc(O)cc21. The minimum atomic E-state index is -0.538. The second-order valence-corrected chi connectivity index (χ2v) is 8.58. The lowest BCUT2D eigenvalue weighted by molar-refractivity contribution is -0.384. The number of phenolic OH excluding ortho intramolecular Hbond substituents is 1. The van der Waals surface area contributed by atoms with Gasteiger partial charge < -0.3 is 19.3 Å². The highest BCUT2D eigenvalue weighted by molar-refractivity contribution is 5.98. The van der Waals surface area contributed by atoms with Crippen molar-refractivity contribution < 1.29 is 19.2 Å². The van der Waals surface area contributed by atoms with E-state index in [1.165, 1.54) is 23.1 Å². The predicted octanol–water partition coefficient (Wildman–Crippen LogP) is 2.51. The molecule has 1 amide bonds. The van der Waals surface area contributed by atoms with Crippen LogP contribution >= 0.6 is 0 Å². The first-order chi connectivity index (χ1) is 16.4. The van der Waals surface area contributed by atoms with Gasteiger partial charge in [0.05, 0.1) is 11.5 Å². The zero-order chi connectivity index (χ0) is 23.8. The summed E-state index contributed by atoms with van der Waals surface area (Å²) in [5, 5.41) is 21.4. The van der Waals surface area contributed by atoms with Crippen LogP contribution in [0, 0.1) is 10.1 Å². The van der Waals surface area contributed by atoms with Gasteiger partial charge in [-0.05, 0) is 48.7 Å². The Morgan fingerprint density at radius 1 is 1.06 bits per heavy atom. The summed E-state index contributed by atoms with van der Waals surface area (Å²) in [5.41, 5.74) is 1.85. The number of hydrogen-bond acceptors (Lipinski definition) is 8. The zero-order valence-electron chi connectivity index (χ0n) is 18.5. The standard InChI is InChI=1S/C24H24N4O6/c29-18-7-8-21-20(14-18)19-2-1-9-27(23(19)24(31)34-21)22(30)15-25-10-12-26(13-11-25)16-3-5-17(6-4-16)28(32)33/h3-8,14,29H,1-2,9-13,15H2. The minimum Gasteiger partial charge on any atom is -0.508 e. The molecule has 0 unspecified atom stereocenters. The first kappa shape index (κ1) is 21.9. The highest BCUT2D eigenvalue weighted by Crippen LogP contribution is 2.32. The Balaban J connectivity index is 1.28. The van der Waals surface area contributed by atoms with Gasteiger partial charge in [-0.3, -0.25) is 19.8 Å². The zero-order valence-corrected chi connectivity index (χ0v) is 18.5. The van der Waals surface area contributed by atoms with Gasteiger partial charge in [0.25, 0.3) is 5.69 Å². The number of carbonyl (C=O) groups is 1. The summed E-state index contributed by atoms with van der Waals surface area (Å²) >= 11 is 0. The second kappa shape index (κ2) is 8.79. The van der Waals surface area contributed by atoms with E-state index in [9.17, 15) is 24.8 Å². The molecule has 5 rings (SSSR count). The number of phenols is 1. The van der Waals surface area contributed by atoms with E-state index in [2.05, 4.69) is 4.90 Å². The number of hydrogen-bond donors (Lipinski definition) is 1. The Bertz CT molecular complexity index is 1310. The average Bonchev–Trinajstić information content (AvgIpc) is 2.85. The van der Waals surface area contributed by atoms with E-state index in [0.717, 1.165) is 17.7 Å². The summed E-state index contributed by atoms with van der Waals surface area (Å²) in [5.74, 6) is -0.0746. The molecule has 2 aliphatic heterocycles. The van der Waals surface area contributed by atoms with Gasteiger partial charge in [0.2, 0.25) is 5.91 Å². The van der Waals surface area contributed by atoms with Gasteiger partial charge in [-0.1, -0.05) is 0 Å². The largest absolute Gasteiger partial charge is 0.508 e. The smallest absolute Gasteiger partial charge is 0.360 e. The summed E-state index contributed by atoms with van der Waals surface area (Å²) in [7, 11) is 0. The van der Waals surface area contributed by atoms with Crippen LogP contribution in [0.5, 0.6) is 5.75 Å². The van der Waals surface area contributed by atoms with E-state index in [0.29, 0.717) is 50.1 Å². The molecule has 1 aromatic heterocycles. The third-order valence-corrected chi connectivity index (χ3v) is 6.51. The number of carbonyl (C=O) groups excluding carboxylic acids is 1. The summed E-state index contributed by atoms with van der Waals surface area (Å²) in [6, 6.07) is 11.1. The summed E-state index contributed by atoms with van der Waals surface area (Å²) in [6.45, 7) is 3.32. The number of amides is 1. The Kier molecular flexibility index (Phi) is 5.66. The third-order valence-electron chi connectivity index (χ3n) is 6.51. The Hall–Kier alpha value is -3.92. The van der Waals surface area contributed by atoms with E-state index in [1.807, 2.05) is 4.90 Å². The van der Waals surface area contributed by atoms with Crippen LogP contribution in [0.3, 0.4) is 0 Å². The number of nitrogens with zero attached hydrogens (tertiary/aromatic N) is 4. The highest BCUT2D eigenvalue weighted by atomic mass is 16.6. The molecule has 1 fully saturated rings. The van der Waals surface area contributed by atoms with Crippen molar-refractivity contribution in [2.45, 2.75) is 12.8 Å². The van der Waals surface area contributed by atoms with Crippen molar-refractivity contribution in [3.05, 3.63) is 68.6 Å². The van der Waals surface area contributed by atoms with Gasteiger partial charge in [-0.15, -0.1) is 0 Å². The van der Waals surface area contributed by atoms with Crippen molar-refractivity contribution >= 4 is 33.9 Å². The fraction of sp³-hybridized carbons (Fsp3) is 0.333. The van der Waals surface area contributed by atoms with Gasteiger partial charge in [0.1, 0.15) is 17.0 Å². The molecule has 2 aromatic carbocycles.